The molecule has 0 spiro atoms. The van der Waals surface area contributed by atoms with Crippen LogP contribution in [-0.2, 0) is 11.3 Å². The van der Waals surface area contributed by atoms with Gasteiger partial charge in [0.1, 0.15) is 18.1 Å². The molecule has 1 heterocycles. The lowest BCUT2D eigenvalue weighted by Crippen LogP contribution is -2.38. The third-order valence-electron chi connectivity index (χ3n) is 4.14. The summed E-state index contributed by atoms with van der Waals surface area (Å²) in [5.41, 5.74) is 2.76. The molecule has 3 rings (SSSR count). The molecule has 0 unspecified atom stereocenters. The van der Waals surface area contributed by atoms with Gasteiger partial charge in [-0.1, -0.05) is 12.1 Å². The molecule has 1 aliphatic heterocycles. The van der Waals surface area contributed by atoms with E-state index < -0.39 is 12.4 Å². The van der Waals surface area contributed by atoms with E-state index in [4.69, 9.17) is 14.6 Å². The van der Waals surface area contributed by atoms with Gasteiger partial charge in [-0.2, -0.15) is 0 Å². The van der Waals surface area contributed by atoms with Gasteiger partial charge in [0.15, 0.2) is 12.4 Å². The zero-order valence-electron chi connectivity index (χ0n) is 14.1. The summed E-state index contributed by atoms with van der Waals surface area (Å²) in [6.45, 7) is 1.62. The molecule has 2 aromatic carbocycles. The van der Waals surface area contributed by atoms with E-state index in [1.165, 1.54) is 0 Å². The number of ether oxygens (including phenoxy) is 2. The van der Waals surface area contributed by atoms with E-state index in [2.05, 4.69) is 0 Å². The Bertz CT molecular complexity index is 831. The second-order valence-electron chi connectivity index (χ2n) is 5.85. The minimum Gasteiger partial charge on any atom is -0.496 e. The minimum absolute atomic E-state index is 0.0610. The molecule has 0 radical (unpaired) electrons. The largest absolute Gasteiger partial charge is 0.496 e. The molecule has 25 heavy (non-hydrogen) atoms. The van der Waals surface area contributed by atoms with Gasteiger partial charge in [-0.05, 0) is 36.8 Å². The topological polar surface area (TPSA) is 76.1 Å². The van der Waals surface area contributed by atoms with Crippen LogP contribution in [0.4, 0.5) is 5.69 Å². The lowest BCUT2D eigenvalue weighted by molar-refractivity contribution is -0.121. The predicted molar refractivity (Wildman–Crippen MR) is 92.3 cm³/mol. The summed E-state index contributed by atoms with van der Waals surface area (Å²) < 4.78 is 10.9. The molecule has 0 atom stereocenters. The first-order chi connectivity index (χ1) is 12.0. The number of aryl methyl sites for hydroxylation is 1. The molecule has 1 amide bonds. The zero-order chi connectivity index (χ0) is 18.0. The fourth-order valence-electron chi connectivity index (χ4n) is 2.79. The highest BCUT2D eigenvalue weighted by atomic mass is 16.5. The third kappa shape index (κ3) is 3.34. The Morgan fingerprint density at radius 1 is 1.28 bits per heavy atom. The van der Waals surface area contributed by atoms with Crippen LogP contribution in [0, 0.1) is 6.92 Å². The number of carbonyl (C=O) groups excluding carboxylic acids is 2. The predicted octanol–water partition coefficient (Wildman–Crippen LogP) is 2.10. The number of nitrogens with zero attached hydrogens (tertiary/aromatic N) is 1. The van der Waals surface area contributed by atoms with Crippen molar-refractivity contribution in [3.63, 3.8) is 0 Å². The quantitative estimate of drug-likeness (QED) is 0.843. The second-order valence-corrected chi connectivity index (χ2v) is 5.85. The van der Waals surface area contributed by atoms with Gasteiger partial charge >= 0.3 is 0 Å². The number of aliphatic hydroxyl groups is 1. The van der Waals surface area contributed by atoms with E-state index in [0.29, 0.717) is 29.3 Å². The Morgan fingerprint density at radius 2 is 2.08 bits per heavy atom. The Hall–Kier alpha value is -2.86. The number of rotatable bonds is 5. The number of amides is 1. The van der Waals surface area contributed by atoms with Crippen molar-refractivity contribution in [3.8, 4) is 11.5 Å². The van der Waals surface area contributed by atoms with E-state index in [0.717, 1.165) is 11.1 Å². The van der Waals surface area contributed by atoms with Gasteiger partial charge in [0.2, 0.25) is 0 Å². The highest BCUT2D eigenvalue weighted by Crippen LogP contribution is 2.35. The van der Waals surface area contributed by atoms with Crippen molar-refractivity contribution in [2.45, 2.75) is 13.5 Å². The normalized spacial score (nSPS) is 13.2. The number of methoxy groups -OCH3 is 1. The number of fused-ring (bicyclic) bond motifs is 1. The van der Waals surface area contributed by atoms with Crippen molar-refractivity contribution < 1.29 is 24.2 Å². The van der Waals surface area contributed by atoms with E-state index in [9.17, 15) is 9.59 Å². The molecular weight excluding hydrogens is 322 g/mol. The Labute approximate surface area is 145 Å². The van der Waals surface area contributed by atoms with Crippen LogP contribution in [0.3, 0.4) is 0 Å². The van der Waals surface area contributed by atoms with Crippen molar-refractivity contribution in [2.75, 3.05) is 25.2 Å². The van der Waals surface area contributed by atoms with Gasteiger partial charge in [0.25, 0.3) is 5.91 Å². The summed E-state index contributed by atoms with van der Waals surface area (Å²) >= 11 is 0. The van der Waals surface area contributed by atoms with E-state index in [1.54, 1.807) is 30.2 Å². The smallest absolute Gasteiger partial charge is 0.265 e. The maximum Gasteiger partial charge on any atom is 0.265 e. The van der Waals surface area contributed by atoms with Crippen molar-refractivity contribution in [2.24, 2.45) is 0 Å². The fourth-order valence-corrected chi connectivity index (χ4v) is 2.79. The first-order valence-electron chi connectivity index (χ1n) is 7.88. The number of anilines is 1. The molecule has 0 fully saturated rings. The first kappa shape index (κ1) is 17.0. The summed E-state index contributed by atoms with van der Waals surface area (Å²) in [4.78, 5) is 25.7. The molecule has 0 saturated heterocycles. The SMILES string of the molecule is COc1cc(C)ccc1CN1C(=O)COc2ccc(C(=O)CO)cc21. The Kier molecular flexibility index (Phi) is 4.72. The summed E-state index contributed by atoms with van der Waals surface area (Å²) in [5.74, 6) is 0.612. The minimum atomic E-state index is -0.584. The first-order valence-corrected chi connectivity index (χ1v) is 7.88. The number of hydrogen-bond donors (Lipinski definition) is 1. The van der Waals surface area contributed by atoms with Gasteiger partial charge in [-0.15, -0.1) is 0 Å². The number of ketones is 1. The molecule has 6 heteroatoms. The van der Waals surface area contributed by atoms with E-state index in [1.807, 2.05) is 25.1 Å². The van der Waals surface area contributed by atoms with Gasteiger partial charge in [-0.25, -0.2) is 0 Å². The number of hydrogen-bond acceptors (Lipinski definition) is 5. The van der Waals surface area contributed by atoms with Gasteiger partial charge in [0, 0.05) is 11.1 Å². The standard InChI is InChI=1S/C19H19NO5/c1-12-3-4-14(18(7-12)24-2)9-20-15-8-13(16(22)10-21)5-6-17(15)25-11-19(20)23/h3-8,21H,9-11H2,1-2H3. The van der Waals surface area contributed by atoms with Crippen molar-refractivity contribution >= 4 is 17.4 Å². The lowest BCUT2D eigenvalue weighted by Gasteiger charge is -2.30. The van der Waals surface area contributed by atoms with Crippen molar-refractivity contribution in [1.82, 2.24) is 0 Å². The number of benzene rings is 2. The average Bonchev–Trinajstić information content (AvgIpc) is 2.64. The molecule has 6 nitrogen and oxygen atoms in total. The highest BCUT2D eigenvalue weighted by Gasteiger charge is 2.27. The highest BCUT2D eigenvalue weighted by molar-refractivity contribution is 6.02. The van der Waals surface area contributed by atoms with E-state index in [-0.39, 0.29) is 12.5 Å². The molecule has 1 N–H and O–H groups in total. The van der Waals surface area contributed by atoms with Crippen molar-refractivity contribution in [1.29, 1.82) is 0 Å². The zero-order valence-corrected chi connectivity index (χ0v) is 14.1. The van der Waals surface area contributed by atoms with Crippen LogP contribution in [0.2, 0.25) is 0 Å². The number of Topliss-reactive ketones (excluding diaryl/α,β-unsaturated/α-hetero) is 1. The Morgan fingerprint density at radius 3 is 2.80 bits per heavy atom. The fraction of sp³-hybridized carbons (Fsp3) is 0.263. The van der Waals surface area contributed by atoms with Gasteiger partial charge < -0.3 is 19.5 Å². The summed E-state index contributed by atoms with van der Waals surface area (Å²) in [7, 11) is 1.59. The average molecular weight is 341 g/mol. The maximum atomic E-state index is 12.4. The Balaban J connectivity index is 2.00. The maximum absolute atomic E-state index is 12.4. The molecule has 0 saturated carbocycles. The lowest BCUT2D eigenvalue weighted by atomic mass is 10.1. The van der Waals surface area contributed by atoms with Crippen LogP contribution in [0.1, 0.15) is 21.5 Å². The second kappa shape index (κ2) is 6.94. The molecule has 2 aromatic rings. The monoisotopic (exact) mass is 341 g/mol. The van der Waals surface area contributed by atoms with Gasteiger partial charge in [-0.3, -0.25) is 9.59 Å². The van der Waals surface area contributed by atoms with Gasteiger partial charge in [0.05, 0.1) is 19.3 Å². The number of aliphatic hydroxyl groups excluding tert-OH is 1. The van der Waals surface area contributed by atoms with Crippen LogP contribution in [0.15, 0.2) is 36.4 Å². The number of carbonyl (C=O) groups is 2. The molecule has 0 aliphatic carbocycles. The van der Waals surface area contributed by atoms with Crippen molar-refractivity contribution in [3.05, 3.63) is 53.1 Å². The summed E-state index contributed by atoms with van der Waals surface area (Å²) in [6.07, 6.45) is 0. The van der Waals surface area contributed by atoms with Crippen LogP contribution in [0.25, 0.3) is 0 Å². The van der Waals surface area contributed by atoms with Crippen LogP contribution >= 0.6 is 0 Å². The molecule has 1 aliphatic rings. The van der Waals surface area contributed by atoms with Crippen LogP contribution in [0.5, 0.6) is 11.5 Å². The summed E-state index contributed by atoms with van der Waals surface area (Å²) in [6, 6.07) is 10.6. The summed E-state index contributed by atoms with van der Waals surface area (Å²) in [5, 5.41) is 9.06. The van der Waals surface area contributed by atoms with Crippen LogP contribution in [-0.4, -0.2) is 37.1 Å². The molecule has 0 aromatic heterocycles. The molecular formula is C19H19NO5. The van der Waals surface area contributed by atoms with Crippen LogP contribution < -0.4 is 14.4 Å². The van der Waals surface area contributed by atoms with E-state index >= 15 is 0 Å². The molecule has 130 valence electrons. The third-order valence-corrected chi connectivity index (χ3v) is 4.14. The molecule has 0 bridgehead atoms.